The summed E-state index contributed by atoms with van der Waals surface area (Å²) >= 11 is 3.19. The second kappa shape index (κ2) is 5.36. The number of nitro groups is 1. The Hall–Kier alpha value is -1.01. The fourth-order valence-corrected chi connectivity index (χ4v) is 1.74. The van der Waals surface area contributed by atoms with Gasteiger partial charge in [0.05, 0.1) is 4.92 Å². The van der Waals surface area contributed by atoms with Gasteiger partial charge in [-0.05, 0) is 29.9 Å². The molecule has 5 nitrogen and oxygen atoms in total. The molecule has 1 rings (SSSR count). The molecule has 0 amide bonds. The molecule has 1 aromatic rings. The zero-order chi connectivity index (χ0) is 12.3. The Kier molecular flexibility index (Phi) is 4.37. The molecule has 0 aliphatic heterocycles. The van der Waals surface area contributed by atoms with Crippen LogP contribution in [0, 0.1) is 10.1 Å². The number of hydrogen-bond acceptors (Lipinski definition) is 4. The average Bonchev–Trinajstić information content (AvgIpc) is 2.26. The van der Waals surface area contributed by atoms with Crippen LogP contribution in [0.1, 0.15) is 25.5 Å². The summed E-state index contributed by atoms with van der Waals surface area (Å²) in [7, 11) is 1.83. The van der Waals surface area contributed by atoms with Crippen LogP contribution in [0.5, 0.6) is 0 Å². The lowest BCUT2D eigenvalue weighted by Crippen LogP contribution is -2.28. The maximum absolute atomic E-state index is 10.9. The first-order valence-electron chi connectivity index (χ1n) is 4.94. The third-order valence-electron chi connectivity index (χ3n) is 2.70. The van der Waals surface area contributed by atoms with Crippen molar-refractivity contribution in [2.75, 3.05) is 7.05 Å². The standard InChI is InChI=1S/C10H14BrN3O2/c1-6(7(2)12-3)10-9(14(15)16)4-8(11)5-13-10/h4-7,12H,1-3H3. The Morgan fingerprint density at radius 3 is 2.69 bits per heavy atom. The second-order valence-corrected chi connectivity index (χ2v) is 4.60. The average molecular weight is 288 g/mol. The van der Waals surface area contributed by atoms with Crippen molar-refractivity contribution in [2.24, 2.45) is 0 Å². The van der Waals surface area contributed by atoms with Crippen molar-refractivity contribution in [2.45, 2.75) is 25.8 Å². The van der Waals surface area contributed by atoms with E-state index in [0.717, 1.165) is 0 Å². The normalized spacial score (nSPS) is 14.5. The van der Waals surface area contributed by atoms with Gasteiger partial charge in [-0.2, -0.15) is 0 Å². The highest BCUT2D eigenvalue weighted by atomic mass is 79.9. The molecule has 0 bridgehead atoms. The molecular formula is C10H14BrN3O2. The predicted molar refractivity (Wildman–Crippen MR) is 65.5 cm³/mol. The summed E-state index contributed by atoms with van der Waals surface area (Å²) in [5.74, 6) is -0.0153. The van der Waals surface area contributed by atoms with E-state index in [4.69, 9.17) is 0 Å². The minimum absolute atomic E-state index is 0.0153. The molecular weight excluding hydrogens is 274 g/mol. The number of aromatic nitrogens is 1. The van der Waals surface area contributed by atoms with Crippen LogP contribution in [-0.2, 0) is 0 Å². The highest BCUT2D eigenvalue weighted by Crippen LogP contribution is 2.28. The van der Waals surface area contributed by atoms with E-state index >= 15 is 0 Å². The summed E-state index contributed by atoms with van der Waals surface area (Å²) in [6.07, 6.45) is 1.58. The van der Waals surface area contributed by atoms with Gasteiger partial charge in [-0.15, -0.1) is 0 Å². The van der Waals surface area contributed by atoms with Gasteiger partial charge in [0.2, 0.25) is 0 Å². The third kappa shape index (κ3) is 2.76. The summed E-state index contributed by atoms with van der Waals surface area (Å²) in [6.45, 7) is 3.89. The molecule has 0 fully saturated rings. The van der Waals surface area contributed by atoms with Crippen molar-refractivity contribution in [3.63, 3.8) is 0 Å². The SMILES string of the molecule is CNC(C)C(C)c1ncc(Br)cc1[N+](=O)[O-]. The van der Waals surface area contributed by atoms with Gasteiger partial charge in [0.25, 0.3) is 5.69 Å². The Balaban J connectivity index is 3.17. The van der Waals surface area contributed by atoms with Crippen molar-refractivity contribution in [3.05, 3.63) is 32.5 Å². The Morgan fingerprint density at radius 2 is 2.19 bits per heavy atom. The molecule has 0 saturated heterocycles. The molecule has 0 aromatic carbocycles. The lowest BCUT2D eigenvalue weighted by molar-refractivity contribution is -0.386. The van der Waals surface area contributed by atoms with Crippen molar-refractivity contribution < 1.29 is 4.92 Å². The summed E-state index contributed by atoms with van der Waals surface area (Å²) in [5, 5.41) is 14.0. The summed E-state index contributed by atoms with van der Waals surface area (Å²) in [6, 6.07) is 1.62. The van der Waals surface area contributed by atoms with E-state index in [1.165, 1.54) is 6.07 Å². The van der Waals surface area contributed by atoms with Crippen LogP contribution < -0.4 is 5.32 Å². The predicted octanol–water partition coefficient (Wildman–Crippen LogP) is 2.46. The van der Waals surface area contributed by atoms with E-state index in [9.17, 15) is 10.1 Å². The minimum atomic E-state index is -0.397. The van der Waals surface area contributed by atoms with E-state index in [-0.39, 0.29) is 17.6 Å². The highest BCUT2D eigenvalue weighted by molar-refractivity contribution is 9.10. The summed E-state index contributed by atoms with van der Waals surface area (Å²) < 4.78 is 0.618. The van der Waals surface area contributed by atoms with Crippen molar-refractivity contribution in [1.29, 1.82) is 0 Å². The Labute approximate surface area is 103 Å². The van der Waals surface area contributed by atoms with Crippen molar-refractivity contribution in [3.8, 4) is 0 Å². The smallest absolute Gasteiger partial charge is 0.292 e. The number of hydrogen-bond donors (Lipinski definition) is 1. The van der Waals surface area contributed by atoms with Gasteiger partial charge in [-0.3, -0.25) is 15.1 Å². The molecule has 1 N–H and O–H groups in total. The lowest BCUT2D eigenvalue weighted by Gasteiger charge is -2.18. The van der Waals surface area contributed by atoms with E-state index in [1.54, 1.807) is 6.20 Å². The molecule has 0 saturated carbocycles. The summed E-state index contributed by atoms with van der Waals surface area (Å²) in [5.41, 5.74) is 0.569. The summed E-state index contributed by atoms with van der Waals surface area (Å²) in [4.78, 5) is 14.7. The second-order valence-electron chi connectivity index (χ2n) is 3.68. The maximum atomic E-state index is 10.9. The van der Waals surface area contributed by atoms with Gasteiger partial charge in [-0.1, -0.05) is 6.92 Å². The zero-order valence-corrected chi connectivity index (χ0v) is 11.0. The molecule has 0 aliphatic rings. The van der Waals surface area contributed by atoms with Gasteiger partial charge in [0, 0.05) is 28.7 Å². The molecule has 0 radical (unpaired) electrons. The number of rotatable bonds is 4. The van der Waals surface area contributed by atoms with E-state index < -0.39 is 4.92 Å². The zero-order valence-electron chi connectivity index (χ0n) is 9.40. The molecule has 6 heteroatoms. The van der Waals surface area contributed by atoms with E-state index in [2.05, 4.69) is 26.2 Å². The molecule has 88 valence electrons. The minimum Gasteiger partial charge on any atom is -0.317 e. The number of nitrogens with zero attached hydrogens (tertiary/aromatic N) is 2. The van der Waals surface area contributed by atoms with Crippen LogP contribution in [0.15, 0.2) is 16.7 Å². The monoisotopic (exact) mass is 287 g/mol. The number of halogens is 1. The van der Waals surface area contributed by atoms with Gasteiger partial charge < -0.3 is 5.32 Å². The first-order chi connectivity index (χ1) is 7.47. The molecule has 0 aliphatic carbocycles. The van der Waals surface area contributed by atoms with Crippen LogP contribution in [0.2, 0.25) is 0 Å². The quantitative estimate of drug-likeness (QED) is 0.682. The maximum Gasteiger partial charge on any atom is 0.292 e. The fraction of sp³-hybridized carbons (Fsp3) is 0.500. The molecule has 16 heavy (non-hydrogen) atoms. The molecule has 1 aromatic heterocycles. The van der Waals surface area contributed by atoms with Crippen LogP contribution >= 0.6 is 15.9 Å². The molecule has 2 unspecified atom stereocenters. The molecule has 1 heterocycles. The number of nitrogens with one attached hydrogen (secondary N) is 1. The third-order valence-corrected chi connectivity index (χ3v) is 3.13. The molecule has 2 atom stereocenters. The van der Waals surface area contributed by atoms with Gasteiger partial charge in [-0.25, -0.2) is 0 Å². The van der Waals surface area contributed by atoms with Gasteiger partial charge >= 0.3 is 0 Å². The molecule has 0 spiro atoms. The first kappa shape index (κ1) is 13.1. The van der Waals surface area contributed by atoms with Crippen LogP contribution in [0.3, 0.4) is 0 Å². The van der Waals surface area contributed by atoms with Crippen molar-refractivity contribution >= 4 is 21.6 Å². The van der Waals surface area contributed by atoms with Crippen LogP contribution in [0.25, 0.3) is 0 Å². The lowest BCUT2D eigenvalue weighted by atomic mass is 9.98. The Morgan fingerprint density at radius 1 is 1.56 bits per heavy atom. The number of likely N-dealkylation sites (N-methyl/N-ethyl adjacent to an activating group) is 1. The largest absolute Gasteiger partial charge is 0.317 e. The first-order valence-corrected chi connectivity index (χ1v) is 5.73. The van der Waals surface area contributed by atoms with Crippen molar-refractivity contribution in [1.82, 2.24) is 10.3 Å². The van der Waals surface area contributed by atoms with Gasteiger partial charge in [0.1, 0.15) is 5.69 Å². The van der Waals surface area contributed by atoms with Crippen LogP contribution in [0.4, 0.5) is 5.69 Å². The fourth-order valence-electron chi connectivity index (χ4n) is 1.42. The Bertz CT molecular complexity index is 398. The van der Waals surface area contributed by atoms with Crippen LogP contribution in [-0.4, -0.2) is 23.0 Å². The van der Waals surface area contributed by atoms with E-state index in [1.807, 2.05) is 20.9 Å². The van der Waals surface area contributed by atoms with Gasteiger partial charge in [0.15, 0.2) is 0 Å². The number of pyridine rings is 1. The topological polar surface area (TPSA) is 68.1 Å². The van der Waals surface area contributed by atoms with E-state index in [0.29, 0.717) is 10.2 Å². The highest BCUT2D eigenvalue weighted by Gasteiger charge is 2.24.